The van der Waals surface area contributed by atoms with Gasteiger partial charge in [0.25, 0.3) is 6.01 Å². The van der Waals surface area contributed by atoms with E-state index in [-0.39, 0.29) is 115 Å². The molecular weight excluding hydrogens is 1020 g/mol. The lowest BCUT2D eigenvalue weighted by atomic mass is 9.96. The lowest BCUT2D eigenvalue weighted by Gasteiger charge is -2.34. The van der Waals surface area contributed by atoms with Crippen LogP contribution in [0.4, 0.5) is 14.6 Å². The zero-order valence-electron chi connectivity index (χ0n) is 41.7. The molecule has 3 aromatic carbocycles. The maximum absolute atomic E-state index is 17.1. The van der Waals surface area contributed by atoms with Crippen LogP contribution in [0.2, 0.25) is 5.02 Å². The van der Waals surface area contributed by atoms with E-state index in [0.717, 1.165) is 37.8 Å². The van der Waals surface area contributed by atoms with Gasteiger partial charge in [0.2, 0.25) is 5.91 Å². The molecule has 0 aliphatic carbocycles. The van der Waals surface area contributed by atoms with Gasteiger partial charge in [-0.25, -0.2) is 13.8 Å². The highest BCUT2D eigenvalue weighted by atomic mass is 35.5. The van der Waals surface area contributed by atoms with Crippen molar-refractivity contribution in [2.24, 2.45) is 0 Å². The Morgan fingerprint density at radius 2 is 1.79 bits per heavy atom. The highest BCUT2D eigenvalue weighted by Gasteiger charge is 2.49. The van der Waals surface area contributed by atoms with Crippen molar-refractivity contribution >= 4 is 56.2 Å². The van der Waals surface area contributed by atoms with Crippen molar-refractivity contribution < 1.29 is 52.2 Å². The second-order valence-corrected chi connectivity index (χ2v) is 20.4. The van der Waals surface area contributed by atoms with Crippen LogP contribution in [0.1, 0.15) is 37.7 Å². The number of piperazine rings is 1. The molecule has 5 aliphatic heterocycles. The number of nitrogens with one attached hydrogen (secondary N) is 3. The monoisotopic (exact) mass is 1070 g/mol. The number of aliphatic hydroxyl groups is 1. The number of aromatic amines is 1. The van der Waals surface area contributed by atoms with Gasteiger partial charge in [0, 0.05) is 67.1 Å². The molecule has 22 heteroatoms. The van der Waals surface area contributed by atoms with E-state index in [4.69, 9.17) is 51.4 Å². The first-order chi connectivity index (χ1) is 37.5. The molecule has 5 N–H and O–H groups in total. The predicted molar refractivity (Wildman–Crippen MR) is 280 cm³/mol. The first kappa shape index (κ1) is 50.8. The van der Waals surface area contributed by atoms with Crippen molar-refractivity contribution in [3.63, 3.8) is 0 Å². The number of fused-ring (bicyclic) bond motifs is 6. The number of terminal acetylenes is 1. The Labute approximate surface area is 445 Å². The minimum Gasteiger partial charge on any atom is -0.508 e. The largest absolute Gasteiger partial charge is 0.508 e. The van der Waals surface area contributed by atoms with E-state index in [1.165, 1.54) is 30.5 Å². The summed E-state index contributed by atoms with van der Waals surface area (Å²) in [5.41, 5.74) is 2.24. The summed E-state index contributed by atoms with van der Waals surface area (Å²) in [5, 5.41) is 28.7. The van der Waals surface area contributed by atoms with Crippen LogP contribution in [0.25, 0.3) is 55.4 Å². The molecule has 2 bridgehead atoms. The van der Waals surface area contributed by atoms with E-state index in [1.54, 1.807) is 18.2 Å². The van der Waals surface area contributed by atoms with E-state index in [1.807, 2.05) is 12.1 Å². The summed E-state index contributed by atoms with van der Waals surface area (Å²) in [6.45, 7) is 4.46. The van der Waals surface area contributed by atoms with Gasteiger partial charge in [-0.3, -0.25) is 14.7 Å². The number of anilines is 1. The van der Waals surface area contributed by atoms with Crippen LogP contribution >= 0.6 is 11.6 Å². The standard InChI is InChI=1S/C55H55ClF2N10O9/c1-2-36-40(57)13-8-30-19-34(69)20-37(45(30)36)48-46(58)49-38(22-60-48)53(68-23-31-9-10-32(24-68)61-31)66-54(64-49)76-25-33-5-3-15-67(33)16-4-17-72-28-44(71)59-14-18-73-35-11-6-29(7-12-35)47-39(56)21-41-52(63-47)65-55(62-41)77-43-27-75-50-42(70)26-74-51(43)50/h1,6-8,11-13,19-22,31-33,42-43,50-51,61,69-70H,3-5,9-10,14-18,23-28H2,(H,59,71)(H,62,63,65)/t31?,32?,33-,42+,43+,50+,51+/m0/s1. The van der Waals surface area contributed by atoms with Gasteiger partial charge in [-0.1, -0.05) is 23.6 Å². The summed E-state index contributed by atoms with van der Waals surface area (Å²) in [7, 11) is 0. The lowest BCUT2D eigenvalue weighted by Crippen LogP contribution is -2.51. The number of rotatable bonds is 18. The zero-order valence-corrected chi connectivity index (χ0v) is 42.5. The molecule has 1 amide bonds. The van der Waals surface area contributed by atoms with Crippen LogP contribution in [0.5, 0.6) is 23.5 Å². The Morgan fingerprint density at radius 1 is 0.961 bits per heavy atom. The highest BCUT2D eigenvalue weighted by Crippen LogP contribution is 2.40. The van der Waals surface area contributed by atoms with Gasteiger partial charge >= 0.3 is 6.01 Å². The van der Waals surface area contributed by atoms with Crippen molar-refractivity contribution in [1.29, 1.82) is 0 Å². The number of imidazole rings is 1. The third kappa shape index (κ3) is 10.5. The lowest BCUT2D eigenvalue weighted by molar-refractivity contribution is -0.125. The maximum Gasteiger partial charge on any atom is 0.319 e. The number of H-pyrrole nitrogens is 1. The van der Waals surface area contributed by atoms with Crippen LogP contribution in [0.15, 0.2) is 60.8 Å². The number of aliphatic hydroxyl groups excluding tert-OH is 1. The second kappa shape index (κ2) is 21.8. The number of hydrogen-bond donors (Lipinski definition) is 5. The summed E-state index contributed by atoms with van der Waals surface area (Å²) < 4.78 is 67.4. The Bertz CT molecular complexity index is 3390. The van der Waals surface area contributed by atoms with Gasteiger partial charge in [-0.2, -0.15) is 15.0 Å². The minimum atomic E-state index is -0.772. The molecule has 5 fully saturated rings. The summed E-state index contributed by atoms with van der Waals surface area (Å²) in [4.78, 5) is 43.4. The second-order valence-electron chi connectivity index (χ2n) is 20.0. The third-order valence-electron chi connectivity index (χ3n) is 15.0. The smallest absolute Gasteiger partial charge is 0.319 e. The fraction of sp³-hybridized carbons (Fsp3) is 0.418. The molecule has 77 heavy (non-hydrogen) atoms. The molecule has 0 saturated carbocycles. The number of ether oxygens (including phenoxy) is 6. The third-order valence-corrected chi connectivity index (χ3v) is 15.2. The number of hydrogen-bond acceptors (Lipinski definition) is 17. The van der Waals surface area contributed by atoms with Gasteiger partial charge in [-0.15, -0.1) is 6.42 Å². The molecular formula is C55H55ClF2N10O9. The fourth-order valence-electron chi connectivity index (χ4n) is 11.3. The zero-order chi connectivity index (χ0) is 52.7. The predicted octanol–water partition coefficient (Wildman–Crippen LogP) is 5.69. The van der Waals surface area contributed by atoms with E-state index in [9.17, 15) is 15.0 Å². The number of phenols is 1. The summed E-state index contributed by atoms with van der Waals surface area (Å²) in [6.07, 6.45) is 9.95. The van der Waals surface area contributed by atoms with Gasteiger partial charge in [0.05, 0.1) is 46.9 Å². The molecule has 400 valence electrons. The van der Waals surface area contributed by atoms with E-state index >= 15 is 8.78 Å². The van der Waals surface area contributed by atoms with Crippen LogP contribution in [0.3, 0.4) is 0 Å². The number of amides is 1. The number of halogens is 3. The number of benzene rings is 3. The van der Waals surface area contributed by atoms with Gasteiger partial charge in [-0.05, 0) is 92.6 Å². The normalized spacial score (nSPS) is 23.0. The van der Waals surface area contributed by atoms with Crippen LogP contribution in [-0.4, -0.2) is 166 Å². The van der Waals surface area contributed by atoms with E-state index < -0.39 is 29.9 Å². The van der Waals surface area contributed by atoms with Gasteiger partial charge < -0.3 is 59.2 Å². The number of aromatic hydroxyl groups is 1. The number of nitrogens with zero attached hydrogens (tertiary/aromatic N) is 7. The molecule has 5 saturated heterocycles. The molecule has 7 atom stereocenters. The Morgan fingerprint density at radius 3 is 2.62 bits per heavy atom. The highest BCUT2D eigenvalue weighted by molar-refractivity contribution is 6.33. The average molecular weight is 1070 g/mol. The molecule has 12 rings (SSSR count). The summed E-state index contributed by atoms with van der Waals surface area (Å²) in [6, 6.07) is 15.3. The first-order valence-corrected chi connectivity index (χ1v) is 26.3. The van der Waals surface area contributed by atoms with Gasteiger partial charge in [0.1, 0.15) is 72.5 Å². The van der Waals surface area contributed by atoms with Crippen LogP contribution < -0.4 is 29.7 Å². The molecule has 4 aromatic heterocycles. The minimum absolute atomic E-state index is 0.0103. The van der Waals surface area contributed by atoms with Crippen LogP contribution in [-0.2, 0) is 19.0 Å². The first-order valence-electron chi connectivity index (χ1n) is 25.9. The quantitative estimate of drug-likeness (QED) is 0.0514. The molecule has 7 aromatic rings. The number of carbonyl (C=O) groups excluding carboxylic acids is 1. The van der Waals surface area contributed by atoms with E-state index in [0.29, 0.717) is 76.9 Å². The average Bonchev–Trinajstić information content (AvgIpc) is 4.30. The van der Waals surface area contributed by atoms with E-state index in [2.05, 4.69) is 51.3 Å². The molecule has 0 spiro atoms. The SMILES string of the molecule is C#Cc1c(F)ccc2cc(O)cc(-c3ncc4c(N5CC6CCC(C5)N6)nc(OC[C@@H]5CCCN5CCCOCC(=O)NCCOc5ccc(-c6nc7nc(O[C@@H]8CO[C@H]9[C@@H]8OC[C@H]9O)[nH]c7cc6Cl)cc5)nc4c3F)c12. The molecule has 9 heterocycles. The maximum atomic E-state index is 17.1. The topological polar surface area (TPSA) is 224 Å². The van der Waals surface area contributed by atoms with Crippen molar-refractivity contribution in [3.8, 4) is 58.4 Å². The molecule has 0 radical (unpaired) electrons. The number of pyridine rings is 2. The van der Waals surface area contributed by atoms with Crippen LogP contribution in [0, 0.1) is 24.0 Å². The molecule has 5 aliphatic rings. The fourth-order valence-corrected chi connectivity index (χ4v) is 11.5. The molecule has 19 nitrogen and oxygen atoms in total. The number of likely N-dealkylation sites (tertiary alicyclic amines) is 1. The Balaban J connectivity index is 0.614. The summed E-state index contributed by atoms with van der Waals surface area (Å²) >= 11 is 6.65. The number of carbonyl (C=O) groups is 1. The number of aromatic nitrogens is 6. The van der Waals surface area contributed by atoms with Gasteiger partial charge in [0.15, 0.2) is 17.6 Å². The van der Waals surface area contributed by atoms with Crippen molar-refractivity contribution in [3.05, 3.63) is 83.0 Å². The Kier molecular flexibility index (Phi) is 14.4. The van der Waals surface area contributed by atoms with Crippen molar-refractivity contribution in [2.75, 3.05) is 77.3 Å². The van der Waals surface area contributed by atoms with Crippen molar-refractivity contribution in [1.82, 2.24) is 45.4 Å². The number of phenolic OH excluding ortho intramolecular Hbond substituents is 1. The summed E-state index contributed by atoms with van der Waals surface area (Å²) in [5.74, 6) is 1.68. The van der Waals surface area contributed by atoms with Crippen molar-refractivity contribution in [2.45, 2.75) is 74.6 Å². The molecule has 2 unspecified atom stereocenters. The Hall–Kier alpha value is -7.03.